The minimum atomic E-state index is 0.480. The Kier molecular flexibility index (Phi) is 3.58. The molecular weight excluding hydrogens is 293 g/mol. The number of halogens is 2. The monoisotopic (exact) mass is 301 g/mol. The van der Waals surface area contributed by atoms with E-state index in [9.17, 15) is 0 Å². The highest BCUT2D eigenvalue weighted by Gasteiger charge is 2.11. The molecule has 0 unspecified atom stereocenters. The van der Waals surface area contributed by atoms with Gasteiger partial charge in [-0.1, -0.05) is 11.6 Å². The highest BCUT2D eigenvalue weighted by atomic mass is 79.9. The maximum atomic E-state index is 5.85. The first-order valence-corrected chi connectivity index (χ1v) is 5.80. The summed E-state index contributed by atoms with van der Waals surface area (Å²) >= 11 is 9.26. The average molecular weight is 303 g/mol. The quantitative estimate of drug-likeness (QED) is 0.947. The van der Waals surface area contributed by atoms with Crippen molar-refractivity contribution in [3.05, 3.63) is 33.6 Å². The summed E-state index contributed by atoms with van der Waals surface area (Å²) in [4.78, 5) is 0. The van der Waals surface area contributed by atoms with E-state index in [0.717, 1.165) is 10.0 Å². The van der Waals surface area contributed by atoms with E-state index in [2.05, 4.69) is 31.4 Å². The summed E-state index contributed by atoms with van der Waals surface area (Å²) in [5, 5.41) is 11.5. The zero-order chi connectivity index (χ0) is 11.5. The van der Waals surface area contributed by atoms with Crippen LogP contribution in [-0.2, 0) is 6.54 Å². The van der Waals surface area contributed by atoms with E-state index < -0.39 is 0 Å². The highest BCUT2D eigenvalue weighted by molar-refractivity contribution is 9.10. The fourth-order valence-corrected chi connectivity index (χ4v) is 2.10. The SMILES string of the molecule is CNCc1nnc(-c2ccc(Cl)cc2Br)o1. The van der Waals surface area contributed by atoms with Gasteiger partial charge in [0, 0.05) is 9.50 Å². The molecule has 0 amide bonds. The molecule has 84 valence electrons. The molecule has 1 heterocycles. The number of hydrogen-bond acceptors (Lipinski definition) is 4. The van der Waals surface area contributed by atoms with Crippen molar-refractivity contribution in [2.75, 3.05) is 7.05 Å². The second-order valence-electron chi connectivity index (χ2n) is 3.16. The van der Waals surface area contributed by atoms with E-state index >= 15 is 0 Å². The molecule has 1 aromatic carbocycles. The smallest absolute Gasteiger partial charge is 0.248 e. The third-order valence-electron chi connectivity index (χ3n) is 1.96. The predicted molar refractivity (Wildman–Crippen MR) is 65.2 cm³/mol. The first kappa shape index (κ1) is 11.6. The van der Waals surface area contributed by atoms with E-state index in [0.29, 0.717) is 23.3 Å². The van der Waals surface area contributed by atoms with Crippen LogP contribution in [0.3, 0.4) is 0 Å². The van der Waals surface area contributed by atoms with E-state index in [1.54, 1.807) is 12.1 Å². The van der Waals surface area contributed by atoms with Crippen LogP contribution in [0.2, 0.25) is 5.02 Å². The fraction of sp³-hybridized carbons (Fsp3) is 0.200. The van der Waals surface area contributed by atoms with Gasteiger partial charge in [-0.25, -0.2) is 0 Å². The number of benzene rings is 1. The maximum absolute atomic E-state index is 5.85. The van der Waals surface area contributed by atoms with E-state index in [-0.39, 0.29) is 0 Å². The van der Waals surface area contributed by atoms with Crippen LogP contribution in [0.5, 0.6) is 0 Å². The van der Waals surface area contributed by atoms with Gasteiger partial charge in [0.05, 0.1) is 12.1 Å². The van der Waals surface area contributed by atoms with Crippen molar-refractivity contribution in [3.63, 3.8) is 0 Å². The molecule has 0 atom stereocenters. The lowest BCUT2D eigenvalue weighted by Gasteiger charge is -1.99. The van der Waals surface area contributed by atoms with Gasteiger partial charge in [-0.15, -0.1) is 10.2 Å². The fourth-order valence-electron chi connectivity index (χ4n) is 1.25. The first-order chi connectivity index (χ1) is 7.70. The van der Waals surface area contributed by atoms with Gasteiger partial charge >= 0.3 is 0 Å². The van der Waals surface area contributed by atoms with Crippen LogP contribution < -0.4 is 5.32 Å². The Bertz CT molecular complexity index is 501. The molecule has 16 heavy (non-hydrogen) atoms. The molecule has 0 aliphatic carbocycles. The summed E-state index contributed by atoms with van der Waals surface area (Å²) in [5.74, 6) is 1.04. The number of aromatic nitrogens is 2. The second kappa shape index (κ2) is 4.95. The van der Waals surface area contributed by atoms with Gasteiger partial charge in [-0.05, 0) is 41.2 Å². The molecule has 0 spiro atoms. The zero-order valence-corrected chi connectivity index (χ0v) is 10.8. The molecule has 1 N–H and O–H groups in total. The number of nitrogens with zero attached hydrogens (tertiary/aromatic N) is 2. The van der Waals surface area contributed by atoms with Crippen molar-refractivity contribution in [3.8, 4) is 11.5 Å². The van der Waals surface area contributed by atoms with Crippen molar-refractivity contribution >= 4 is 27.5 Å². The van der Waals surface area contributed by atoms with Crippen molar-refractivity contribution in [2.24, 2.45) is 0 Å². The molecule has 6 heteroatoms. The average Bonchev–Trinajstić information content (AvgIpc) is 2.67. The van der Waals surface area contributed by atoms with Crippen molar-refractivity contribution in [2.45, 2.75) is 6.54 Å². The zero-order valence-electron chi connectivity index (χ0n) is 8.50. The van der Waals surface area contributed by atoms with Gasteiger partial charge < -0.3 is 9.73 Å². The molecule has 0 bridgehead atoms. The van der Waals surface area contributed by atoms with Crippen molar-refractivity contribution in [1.29, 1.82) is 0 Å². The summed E-state index contributed by atoms with van der Waals surface area (Å²) in [6.45, 7) is 0.554. The lowest BCUT2D eigenvalue weighted by atomic mass is 10.2. The van der Waals surface area contributed by atoms with Gasteiger partial charge in [-0.2, -0.15) is 0 Å². The van der Waals surface area contributed by atoms with E-state index in [4.69, 9.17) is 16.0 Å². The molecule has 2 rings (SSSR count). The minimum absolute atomic E-state index is 0.480. The van der Waals surface area contributed by atoms with E-state index in [1.807, 2.05) is 13.1 Å². The lowest BCUT2D eigenvalue weighted by Crippen LogP contribution is -2.04. The standard InChI is InChI=1S/C10H9BrClN3O/c1-13-5-9-14-15-10(16-9)7-3-2-6(12)4-8(7)11/h2-4,13H,5H2,1H3. The number of hydrogen-bond donors (Lipinski definition) is 1. The number of nitrogens with one attached hydrogen (secondary N) is 1. The van der Waals surface area contributed by atoms with Crippen molar-refractivity contribution < 1.29 is 4.42 Å². The summed E-state index contributed by atoms with van der Waals surface area (Å²) in [5.41, 5.74) is 0.833. The van der Waals surface area contributed by atoms with Gasteiger partial charge in [0.15, 0.2) is 0 Å². The maximum Gasteiger partial charge on any atom is 0.248 e. The van der Waals surface area contributed by atoms with Crippen LogP contribution in [-0.4, -0.2) is 17.2 Å². The molecule has 2 aromatic rings. The molecule has 0 aliphatic heterocycles. The van der Waals surface area contributed by atoms with Gasteiger partial charge in [-0.3, -0.25) is 0 Å². The molecule has 0 saturated carbocycles. The first-order valence-electron chi connectivity index (χ1n) is 4.63. The molecule has 0 saturated heterocycles. The third-order valence-corrected chi connectivity index (χ3v) is 2.85. The Hall–Kier alpha value is -0.910. The topological polar surface area (TPSA) is 51.0 Å². The third kappa shape index (κ3) is 2.42. The highest BCUT2D eigenvalue weighted by Crippen LogP contribution is 2.29. The Morgan fingerprint density at radius 1 is 1.44 bits per heavy atom. The Morgan fingerprint density at radius 3 is 2.94 bits per heavy atom. The van der Waals surface area contributed by atoms with Crippen LogP contribution in [0.4, 0.5) is 0 Å². The van der Waals surface area contributed by atoms with Crippen LogP contribution >= 0.6 is 27.5 Å². The molecule has 4 nitrogen and oxygen atoms in total. The normalized spacial score (nSPS) is 10.7. The molecule has 1 aromatic heterocycles. The van der Waals surface area contributed by atoms with Crippen molar-refractivity contribution in [1.82, 2.24) is 15.5 Å². The minimum Gasteiger partial charge on any atom is -0.419 e. The van der Waals surface area contributed by atoms with Gasteiger partial charge in [0.2, 0.25) is 11.8 Å². The van der Waals surface area contributed by atoms with Crippen LogP contribution in [0, 0.1) is 0 Å². The summed E-state index contributed by atoms with van der Waals surface area (Å²) in [7, 11) is 1.82. The Morgan fingerprint density at radius 2 is 2.25 bits per heavy atom. The molecule has 0 aliphatic rings. The van der Waals surface area contributed by atoms with Crippen LogP contribution in [0.1, 0.15) is 5.89 Å². The van der Waals surface area contributed by atoms with E-state index in [1.165, 1.54) is 0 Å². The Labute approximate surface area is 106 Å². The summed E-state index contributed by atoms with van der Waals surface area (Å²) in [6, 6.07) is 5.41. The molecule has 0 radical (unpaired) electrons. The van der Waals surface area contributed by atoms with Crippen LogP contribution in [0.15, 0.2) is 27.1 Å². The van der Waals surface area contributed by atoms with Gasteiger partial charge in [0.1, 0.15) is 0 Å². The van der Waals surface area contributed by atoms with Crippen LogP contribution in [0.25, 0.3) is 11.5 Å². The summed E-state index contributed by atoms with van der Waals surface area (Å²) < 4.78 is 6.31. The van der Waals surface area contributed by atoms with Gasteiger partial charge in [0.25, 0.3) is 0 Å². The molecule has 0 fully saturated rings. The number of rotatable bonds is 3. The lowest BCUT2D eigenvalue weighted by molar-refractivity contribution is 0.490. The second-order valence-corrected chi connectivity index (χ2v) is 4.45. The summed E-state index contributed by atoms with van der Waals surface area (Å²) in [6.07, 6.45) is 0. The Balaban J connectivity index is 2.35. The molecular formula is C10H9BrClN3O. The largest absolute Gasteiger partial charge is 0.419 e. The predicted octanol–water partition coefficient (Wildman–Crippen LogP) is 2.87.